The van der Waals surface area contributed by atoms with Crippen molar-refractivity contribution in [2.75, 3.05) is 0 Å². The molecule has 0 amide bonds. The average Bonchev–Trinajstić information content (AvgIpc) is 3.17. The molecule has 4 aromatic rings. The lowest BCUT2D eigenvalue weighted by Crippen LogP contribution is -1.88. The molecule has 0 unspecified atom stereocenters. The van der Waals surface area contributed by atoms with E-state index in [9.17, 15) is 0 Å². The summed E-state index contributed by atoms with van der Waals surface area (Å²) in [6.45, 7) is 0. The molecular formula is C15H11N3OS. The third-order valence-corrected chi connectivity index (χ3v) is 4.09. The Morgan fingerprint density at radius 2 is 2.05 bits per heavy atom. The second-order valence-electron chi connectivity index (χ2n) is 4.50. The van der Waals surface area contributed by atoms with E-state index in [1.54, 1.807) is 17.5 Å². The summed E-state index contributed by atoms with van der Waals surface area (Å²) in [4.78, 5) is 5.37. The van der Waals surface area contributed by atoms with E-state index >= 15 is 0 Å². The minimum Gasteiger partial charge on any atom is -0.434 e. The predicted octanol–water partition coefficient (Wildman–Crippen LogP) is 3.96. The maximum Gasteiger partial charge on any atom is 0.236 e. The summed E-state index contributed by atoms with van der Waals surface area (Å²) in [6.07, 6.45) is 1.74. The molecule has 4 nitrogen and oxygen atoms in total. The fourth-order valence-corrected chi connectivity index (χ4v) is 2.95. The highest BCUT2D eigenvalue weighted by Crippen LogP contribution is 2.31. The van der Waals surface area contributed by atoms with E-state index < -0.39 is 0 Å². The van der Waals surface area contributed by atoms with Gasteiger partial charge in [-0.25, -0.2) is 4.98 Å². The van der Waals surface area contributed by atoms with Crippen LogP contribution in [0.15, 0.2) is 52.4 Å². The van der Waals surface area contributed by atoms with Crippen molar-refractivity contribution < 1.29 is 4.42 Å². The summed E-state index contributed by atoms with van der Waals surface area (Å²) < 4.78 is 7.72. The first-order valence-electron chi connectivity index (χ1n) is 6.25. The Balaban J connectivity index is 1.88. The molecular weight excluding hydrogens is 270 g/mol. The standard InChI is InChI=1S/C15H11N3OS/c1-18-11-6-3-2-5-10(11)14(17-18)12-9-16-15(19-12)13-7-4-8-20-13/h2-9H,1H3. The van der Waals surface area contributed by atoms with Crippen molar-refractivity contribution >= 4 is 22.2 Å². The van der Waals surface area contributed by atoms with Crippen molar-refractivity contribution in [3.63, 3.8) is 0 Å². The lowest BCUT2D eigenvalue weighted by atomic mass is 10.2. The Bertz CT molecular complexity index is 874. The zero-order valence-corrected chi connectivity index (χ0v) is 11.6. The maximum absolute atomic E-state index is 5.86. The topological polar surface area (TPSA) is 43.9 Å². The van der Waals surface area contributed by atoms with Gasteiger partial charge in [0, 0.05) is 12.4 Å². The molecule has 0 aliphatic carbocycles. The van der Waals surface area contributed by atoms with Gasteiger partial charge in [-0.15, -0.1) is 11.3 Å². The first kappa shape index (κ1) is 11.4. The van der Waals surface area contributed by atoms with Gasteiger partial charge in [-0.3, -0.25) is 4.68 Å². The van der Waals surface area contributed by atoms with Gasteiger partial charge >= 0.3 is 0 Å². The molecule has 1 aromatic carbocycles. The van der Waals surface area contributed by atoms with Crippen molar-refractivity contribution in [1.29, 1.82) is 0 Å². The Kier molecular flexibility index (Phi) is 2.47. The van der Waals surface area contributed by atoms with Crippen LogP contribution in [0.2, 0.25) is 0 Å². The molecule has 0 spiro atoms. The smallest absolute Gasteiger partial charge is 0.236 e. The van der Waals surface area contributed by atoms with Gasteiger partial charge in [0.2, 0.25) is 5.89 Å². The summed E-state index contributed by atoms with van der Waals surface area (Å²) in [7, 11) is 1.93. The van der Waals surface area contributed by atoms with Crippen molar-refractivity contribution in [3.05, 3.63) is 48.0 Å². The van der Waals surface area contributed by atoms with Crippen LogP contribution in [0.25, 0.3) is 33.1 Å². The van der Waals surface area contributed by atoms with Crippen molar-refractivity contribution in [3.8, 4) is 22.2 Å². The first-order chi connectivity index (χ1) is 9.83. The summed E-state index contributed by atoms with van der Waals surface area (Å²) in [5.41, 5.74) is 1.91. The lowest BCUT2D eigenvalue weighted by molar-refractivity contribution is 0.586. The number of hydrogen-bond acceptors (Lipinski definition) is 4. The number of nitrogens with zero attached hydrogens (tertiary/aromatic N) is 3. The number of aromatic nitrogens is 3. The van der Waals surface area contributed by atoms with E-state index in [2.05, 4.69) is 10.1 Å². The number of aryl methyl sites for hydroxylation is 1. The molecule has 0 bridgehead atoms. The van der Waals surface area contributed by atoms with Gasteiger partial charge in [-0.2, -0.15) is 5.10 Å². The zero-order valence-electron chi connectivity index (χ0n) is 10.8. The third-order valence-electron chi connectivity index (χ3n) is 3.23. The third kappa shape index (κ3) is 1.67. The largest absolute Gasteiger partial charge is 0.434 e. The Morgan fingerprint density at radius 1 is 1.15 bits per heavy atom. The number of para-hydroxylation sites is 1. The first-order valence-corrected chi connectivity index (χ1v) is 7.13. The van der Waals surface area contributed by atoms with Crippen LogP contribution in [0, 0.1) is 0 Å². The molecule has 20 heavy (non-hydrogen) atoms. The fourth-order valence-electron chi connectivity index (χ4n) is 2.29. The van der Waals surface area contributed by atoms with Crippen LogP contribution in [0.3, 0.4) is 0 Å². The van der Waals surface area contributed by atoms with E-state index in [4.69, 9.17) is 4.42 Å². The Hall–Kier alpha value is -2.40. The van der Waals surface area contributed by atoms with Crippen LogP contribution in [0.5, 0.6) is 0 Å². The van der Waals surface area contributed by atoms with Crippen LogP contribution >= 0.6 is 11.3 Å². The summed E-state index contributed by atoms with van der Waals surface area (Å²) in [6, 6.07) is 12.1. The van der Waals surface area contributed by atoms with Crippen LogP contribution in [0.4, 0.5) is 0 Å². The van der Waals surface area contributed by atoms with Crippen LogP contribution in [-0.2, 0) is 7.05 Å². The number of rotatable bonds is 2. The van der Waals surface area contributed by atoms with Gasteiger partial charge in [-0.05, 0) is 17.5 Å². The van der Waals surface area contributed by atoms with Crippen LogP contribution < -0.4 is 0 Å². The number of hydrogen-bond donors (Lipinski definition) is 0. The van der Waals surface area contributed by atoms with Crippen LogP contribution in [0.1, 0.15) is 0 Å². The molecule has 0 aliphatic heterocycles. The summed E-state index contributed by atoms with van der Waals surface area (Å²) in [5.74, 6) is 1.34. The molecule has 0 N–H and O–H groups in total. The summed E-state index contributed by atoms with van der Waals surface area (Å²) >= 11 is 1.61. The average molecular weight is 281 g/mol. The number of fused-ring (bicyclic) bond motifs is 1. The fraction of sp³-hybridized carbons (Fsp3) is 0.0667. The van der Waals surface area contributed by atoms with E-state index in [0.29, 0.717) is 11.7 Å². The van der Waals surface area contributed by atoms with Crippen LogP contribution in [-0.4, -0.2) is 14.8 Å². The molecule has 0 fully saturated rings. The van der Waals surface area contributed by atoms with E-state index in [1.807, 2.05) is 53.5 Å². The molecule has 3 heterocycles. The van der Waals surface area contributed by atoms with E-state index in [-0.39, 0.29) is 0 Å². The minimum atomic E-state index is 0.643. The second-order valence-corrected chi connectivity index (χ2v) is 5.44. The molecule has 0 saturated heterocycles. The van der Waals surface area contributed by atoms with Gasteiger partial charge in [0.05, 0.1) is 16.6 Å². The minimum absolute atomic E-state index is 0.643. The maximum atomic E-state index is 5.86. The predicted molar refractivity (Wildman–Crippen MR) is 79.5 cm³/mol. The number of thiophene rings is 1. The summed E-state index contributed by atoms with van der Waals surface area (Å²) in [5, 5.41) is 7.62. The Labute approximate surface area is 119 Å². The quantitative estimate of drug-likeness (QED) is 0.558. The monoisotopic (exact) mass is 281 g/mol. The van der Waals surface area contributed by atoms with Gasteiger partial charge in [0.1, 0.15) is 5.69 Å². The van der Waals surface area contributed by atoms with Crippen molar-refractivity contribution in [2.24, 2.45) is 7.05 Å². The molecule has 0 aliphatic rings. The van der Waals surface area contributed by atoms with Gasteiger partial charge < -0.3 is 4.42 Å². The number of benzene rings is 1. The second kappa shape index (κ2) is 4.31. The van der Waals surface area contributed by atoms with E-state index in [0.717, 1.165) is 21.5 Å². The number of oxazole rings is 1. The Morgan fingerprint density at radius 3 is 2.90 bits per heavy atom. The normalized spacial score (nSPS) is 11.2. The van der Waals surface area contributed by atoms with Crippen molar-refractivity contribution in [1.82, 2.24) is 14.8 Å². The molecule has 98 valence electrons. The lowest BCUT2D eigenvalue weighted by Gasteiger charge is -1.91. The van der Waals surface area contributed by atoms with Gasteiger partial charge in [-0.1, -0.05) is 24.3 Å². The van der Waals surface area contributed by atoms with Crippen molar-refractivity contribution in [2.45, 2.75) is 0 Å². The highest BCUT2D eigenvalue weighted by atomic mass is 32.1. The molecule has 0 radical (unpaired) electrons. The molecule has 3 aromatic heterocycles. The van der Waals surface area contributed by atoms with E-state index in [1.165, 1.54) is 0 Å². The molecule has 5 heteroatoms. The van der Waals surface area contributed by atoms with Gasteiger partial charge in [0.15, 0.2) is 5.76 Å². The highest BCUT2D eigenvalue weighted by Gasteiger charge is 2.15. The molecule has 0 atom stereocenters. The molecule has 0 saturated carbocycles. The SMILES string of the molecule is Cn1nc(-c2cnc(-c3cccs3)o2)c2ccccc21. The highest BCUT2D eigenvalue weighted by molar-refractivity contribution is 7.13. The zero-order chi connectivity index (χ0) is 13.5. The van der Waals surface area contributed by atoms with Gasteiger partial charge in [0.25, 0.3) is 0 Å². The molecule has 4 rings (SSSR count).